The van der Waals surface area contributed by atoms with E-state index < -0.39 is 11.9 Å². The van der Waals surface area contributed by atoms with E-state index in [-0.39, 0.29) is 49.5 Å². The quantitative estimate of drug-likeness (QED) is 0.0631. The van der Waals surface area contributed by atoms with E-state index in [9.17, 15) is 23.6 Å². The summed E-state index contributed by atoms with van der Waals surface area (Å²) in [6.45, 7) is 10.7. The van der Waals surface area contributed by atoms with Crippen molar-refractivity contribution in [2.75, 3.05) is 53.0 Å². The third-order valence-corrected chi connectivity index (χ3v) is 14.3. The van der Waals surface area contributed by atoms with Crippen molar-refractivity contribution < 1.29 is 33.0 Å². The van der Waals surface area contributed by atoms with Gasteiger partial charge in [0, 0.05) is 97.2 Å². The molecule has 3 fully saturated rings. The van der Waals surface area contributed by atoms with Crippen LogP contribution in [0, 0.1) is 5.82 Å². The van der Waals surface area contributed by atoms with Gasteiger partial charge in [-0.05, 0) is 119 Å². The van der Waals surface area contributed by atoms with Crippen LogP contribution in [0.3, 0.4) is 0 Å². The van der Waals surface area contributed by atoms with E-state index in [0.29, 0.717) is 61.2 Å². The molecule has 1 aromatic heterocycles. The van der Waals surface area contributed by atoms with Crippen molar-refractivity contribution in [3.05, 3.63) is 117 Å². The van der Waals surface area contributed by atoms with Crippen molar-refractivity contribution in [1.29, 1.82) is 0 Å². The van der Waals surface area contributed by atoms with Crippen LogP contribution in [0.2, 0.25) is 5.02 Å². The number of imide groups is 1. The number of piperidine rings is 1. The molecule has 9 rings (SSSR count). The molecule has 1 N–H and O–H groups in total. The minimum Gasteiger partial charge on any atom is -0.493 e. The van der Waals surface area contributed by atoms with Gasteiger partial charge in [-0.25, -0.2) is 4.39 Å². The molecule has 354 valence electrons. The molecule has 3 aliphatic heterocycles. The molecule has 0 spiro atoms. The predicted molar refractivity (Wildman–Crippen MR) is 265 cm³/mol. The summed E-state index contributed by atoms with van der Waals surface area (Å²) in [4.78, 5) is 61.7. The molecule has 1 atom stereocenters. The summed E-state index contributed by atoms with van der Waals surface area (Å²) in [5.41, 5.74) is 10.1. The van der Waals surface area contributed by atoms with E-state index in [1.165, 1.54) is 40.3 Å². The van der Waals surface area contributed by atoms with E-state index in [4.69, 9.17) is 21.1 Å². The molecule has 1 saturated carbocycles. The summed E-state index contributed by atoms with van der Waals surface area (Å²) >= 11 is 7.25. The molecule has 0 bridgehead atoms. The number of hydrogen-bond acceptors (Lipinski definition) is 8. The van der Waals surface area contributed by atoms with Crippen LogP contribution in [0.25, 0.3) is 33.3 Å². The van der Waals surface area contributed by atoms with E-state index >= 15 is 0 Å². The number of halogens is 2. The number of aryl methyl sites for hydroxylation is 1. The second-order valence-electron chi connectivity index (χ2n) is 18.4. The van der Waals surface area contributed by atoms with Crippen LogP contribution in [0.5, 0.6) is 11.5 Å². The Kier molecular flexibility index (Phi) is 13.8. The Morgan fingerprint density at radius 2 is 1.68 bits per heavy atom. The molecule has 4 amide bonds. The summed E-state index contributed by atoms with van der Waals surface area (Å²) in [5, 5.41) is 5.86. The van der Waals surface area contributed by atoms with E-state index in [1.54, 1.807) is 24.3 Å². The van der Waals surface area contributed by atoms with Crippen molar-refractivity contribution in [3.8, 4) is 11.5 Å². The second kappa shape index (κ2) is 20.1. The van der Waals surface area contributed by atoms with Gasteiger partial charge in [0.15, 0.2) is 6.61 Å². The van der Waals surface area contributed by atoms with Gasteiger partial charge >= 0.3 is 0 Å². The molecule has 1 unspecified atom stereocenters. The van der Waals surface area contributed by atoms with Gasteiger partial charge in [-0.2, -0.15) is 0 Å². The highest BCUT2D eigenvalue weighted by molar-refractivity contribution is 6.37. The Morgan fingerprint density at radius 3 is 2.41 bits per heavy atom. The lowest BCUT2D eigenvalue weighted by molar-refractivity contribution is -0.137. The highest BCUT2D eigenvalue weighted by atomic mass is 35.5. The van der Waals surface area contributed by atoms with Crippen LogP contribution in [-0.2, 0) is 33.9 Å². The van der Waals surface area contributed by atoms with Crippen LogP contribution >= 0.6 is 11.6 Å². The smallest absolute Gasteiger partial charge is 0.260 e. The van der Waals surface area contributed by atoms with Crippen molar-refractivity contribution in [1.82, 2.24) is 24.6 Å². The summed E-state index contributed by atoms with van der Waals surface area (Å²) in [7, 11) is 1.82. The van der Waals surface area contributed by atoms with Crippen molar-refractivity contribution >= 4 is 74.3 Å². The molecule has 2 saturated heterocycles. The number of ether oxygens (including phenoxy) is 2. The Hall–Kier alpha value is -6.31. The van der Waals surface area contributed by atoms with Crippen LogP contribution in [0.1, 0.15) is 92.0 Å². The monoisotopic (exact) mass is 940 g/mol. The fourth-order valence-corrected chi connectivity index (χ4v) is 10.4. The summed E-state index contributed by atoms with van der Waals surface area (Å²) in [6, 6.07) is 19.1. The first-order valence-electron chi connectivity index (χ1n) is 23.7. The number of aromatic nitrogens is 1. The molecule has 5 aromatic rings. The molecule has 4 heterocycles. The molecular formula is C54H58ClFN6O6. The minimum atomic E-state index is -0.736. The van der Waals surface area contributed by atoms with E-state index in [2.05, 4.69) is 45.8 Å². The average molecular weight is 942 g/mol. The number of fused-ring (bicyclic) bond motifs is 3. The van der Waals surface area contributed by atoms with Gasteiger partial charge < -0.3 is 23.8 Å². The van der Waals surface area contributed by atoms with E-state index in [0.717, 1.165) is 82.1 Å². The number of piperazine rings is 1. The van der Waals surface area contributed by atoms with Gasteiger partial charge in [-0.1, -0.05) is 47.0 Å². The first-order chi connectivity index (χ1) is 32.9. The number of benzene rings is 4. The molecule has 12 nitrogen and oxygen atoms in total. The summed E-state index contributed by atoms with van der Waals surface area (Å²) < 4.78 is 29.0. The van der Waals surface area contributed by atoms with Crippen LogP contribution < -0.4 is 14.8 Å². The van der Waals surface area contributed by atoms with Crippen molar-refractivity contribution in [2.24, 2.45) is 4.99 Å². The van der Waals surface area contributed by atoms with Gasteiger partial charge in [0.1, 0.15) is 23.4 Å². The second-order valence-corrected chi connectivity index (χ2v) is 18.8. The maximum absolute atomic E-state index is 14.0. The predicted octanol–water partition coefficient (Wildman–Crippen LogP) is 9.03. The molecular weight excluding hydrogens is 883 g/mol. The number of carbonyl (C=O) groups excluding carboxylic acids is 4. The summed E-state index contributed by atoms with van der Waals surface area (Å²) in [6.07, 6.45) is 7.71. The fraction of sp³-hybridized carbons (Fsp3) is 0.389. The third kappa shape index (κ3) is 9.43. The SMILES string of the molecule is C/N=C(/C)C(=C(C)C)c1c(Cl)ccc2c(CCCOc3cccc4cc(F)ccc34)c(C=C3CCC3)n(CCN3CCN(C(=O)COc4cccc5c4CN(C4CCC(=O)NC4=O)C5=O)CC3)c12. The lowest BCUT2D eigenvalue weighted by Gasteiger charge is -2.35. The zero-order valence-corrected chi connectivity index (χ0v) is 40.0. The van der Waals surface area contributed by atoms with Crippen LogP contribution in [-0.4, -0.2) is 108 Å². The van der Waals surface area contributed by atoms with Crippen molar-refractivity contribution in [3.63, 3.8) is 0 Å². The van der Waals surface area contributed by atoms with Crippen molar-refractivity contribution in [2.45, 2.75) is 84.8 Å². The number of allylic oxidation sites excluding steroid dienone is 3. The summed E-state index contributed by atoms with van der Waals surface area (Å²) in [5.74, 6) is -0.330. The fourth-order valence-electron chi connectivity index (χ4n) is 10.2. The maximum atomic E-state index is 14.0. The standard InChI is InChI=1S/C54H58ClFN6O6/c1-33(2)50(34(3)57-4)51-43(55)19-18-40-39(13-8-28-67-46-14-6-11-36-30-37(56)16-17-38(36)46)45(29-35-9-5-10-35)61(52(40)51)27-24-59-22-25-60(26-23-59)49(64)32-68-47-15-7-12-41-42(47)31-62(54(41)66)44-20-21-48(63)58-53(44)65/h6-7,11-12,14-19,29-30,44H,5,8-10,13,20-28,31-32H2,1-4H3,(H,58,63,65)/b57-34-. The first-order valence-corrected chi connectivity index (χ1v) is 24.1. The number of nitrogens with one attached hydrogen (secondary N) is 1. The lowest BCUT2D eigenvalue weighted by atomic mass is 9.90. The molecule has 14 heteroatoms. The topological polar surface area (TPSA) is 126 Å². The highest BCUT2D eigenvalue weighted by Gasteiger charge is 2.40. The normalized spacial score (nSPS) is 17.7. The van der Waals surface area contributed by atoms with Crippen LogP contribution in [0.4, 0.5) is 4.39 Å². The third-order valence-electron chi connectivity index (χ3n) is 14.0. The van der Waals surface area contributed by atoms with Gasteiger partial charge in [0.05, 0.1) is 23.7 Å². The zero-order valence-electron chi connectivity index (χ0n) is 39.3. The number of nitrogens with zero attached hydrogens (tertiary/aromatic N) is 5. The number of carbonyl (C=O) groups is 4. The Balaban J connectivity index is 0.915. The maximum Gasteiger partial charge on any atom is 0.260 e. The Bertz CT molecular complexity index is 2920. The van der Waals surface area contributed by atoms with Gasteiger partial charge in [-0.15, -0.1) is 0 Å². The Labute approximate surface area is 401 Å². The van der Waals surface area contributed by atoms with Gasteiger partial charge in [0.25, 0.3) is 11.8 Å². The zero-order chi connectivity index (χ0) is 47.6. The van der Waals surface area contributed by atoms with Crippen LogP contribution in [0.15, 0.2) is 82.9 Å². The van der Waals surface area contributed by atoms with Gasteiger partial charge in [0.2, 0.25) is 11.8 Å². The first kappa shape index (κ1) is 46.8. The number of hydrogen-bond donors (Lipinski definition) is 1. The average Bonchev–Trinajstić information content (AvgIpc) is 3.80. The lowest BCUT2D eigenvalue weighted by Crippen LogP contribution is -2.52. The molecule has 4 aliphatic rings. The molecule has 1 aliphatic carbocycles. The number of aliphatic imine (C=N–C) groups is 1. The number of rotatable bonds is 15. The number of amides is 4. The van der Waals surface area contributed by atoms with E-state index in [1.807, 2.05) is 43.1 Å². The molecule has 4 aromatic carbocycles. The minimum absolute atomic E-state index is 0.135. The molecule has 68 heavy (non-hydrogen) atoms. The Morgan fingerprint density at radius 1 is 0.912 bits per heavy atom. The largest absolute Gasteiger partial charge is 0.493 e. The van der Waals surface area contributed by atoms with Gasteiger partial charge in [-0.3, -0.25) is 34.4 Å². The highest BCUT2D eigenvalue weighted by Crippen LogP contribution is 2.41. The molecule has 0 radical (unpaired) electrons.